The Bertz CT molecular complexity index is 1470. The van der Waals surface area contributed by atoms with Crippen LogP contribution in [0.25, 0.3) is 17.0 Å². The number of rotatable bonds is 7. The maximum atomic E-state index is 13.4. The fraction of sp³-hybridized carbons (Fsp3) is 0.179. The Morgan fingerprint density at radius 3 is 2.61 bits per heavy atom. The summed E-state index contributed by atoms with van der Waals surface area (Å²) in [6.07, 6.45) is 4.66. The van der Waals surface area contributed by atoms with Crippen molar-refractivity contribution in [2.24, 2.45) is 0 Å². The van der Waals surface area contributed by atoms with Crippen LogP contribution >= 0.6 is 23.6 Å². The second-order valence-electron chi connectivity index (χ2n) is 8.58. The van der Waals surface area contributed by atoms with Crippen molar-refractivity contribution in [3.63, 3.8) is 0 Å². The van der Waals surface area contributed by atoms with Crippen molar-refractivity contribution in [1.82, 2.24) is 14.8 Å². The molecule has 8 heteroatoms. The number of likely N-dealkylation sites (N-methyl/N-ethyl adjacent to an activating group) is 1. The first-order valence-corrected chi connectivity index (χ1v) is 13.1. The zero-order chi connectivity index (χ0) is 25.2. The van der Waals surface area contributed by atoms with Gasteiger partial charge in [0.05, 0.1) is 17.7 Å². The van der Waals surface area contributed by atoms with Gasteiger partial charge in [0.2, 0.25) is 5.91 Å². The highest BCUT2D eigenvalue weighted by Gasteiger charge is 2.36. The van der Waals surface area contributed by atoms with E-state index in [-0.39, 0.29) is 18.4 Å². The number of fused-ring (bicyclic) bond motifs is 1. The number of carbonyl (C=O) groups excluding carboxylic acids is 2. The van der Waals surface area contributed by atoms with Crippen LogP contribution in [-0.4, -0.2) is 33.4 Å². The van der Waals surface area contributed by atoms with Gasteiger partial charge in [-0.15, -0.1) is 11.3 Å². The van der Waals surface area contributed by atoms with Gasteiger partial charge in [0.1, 0.15) is 12.2 Å². The highest BCUT2D eigenvalue weighted by Crippen LogP contribution is 2.31. The number of aromatic nitrogens is 1. The molecule has 5 rings (SSSR count). The predicted octanol–water partition coefficient (Wildman–Crippen LogP) is 5.19. The normalized spacial score (nSPS) is 14.9. The Labute approximate surface area is 219 Å². The predicted molar refractivity (Wildman–Crippen MR) is 150 cm³/mol. The molecule has 2 aromatic heterocycles. The lowest BCUT2D eigenvalue weighted by atomic mass is 10.1. The number of thiophene rings is 1. The minimum Gasteiger partial charge on any atom is -0.350 e. The Balaban J connectivity index is 1.50. The molecule has 2 amide bonds. The smallest absolute Gasteiger partial charge is 0.281 e. The minimum absolute atomic E-state index is 0.0594. The Kier molecular flexibility index (Phi) is 6.71. The summed E-state index contributed by atoms with van der Waals surface area (Å²) < 4.78 is 1.98. The molecule has 0 aliphatic carbocycles. The van der Waals surface area contributed by atoms with Crippen molar-refractivity contribution in [3.05, 3.63) is 93.9 Å². The van der Waals surface area contributed by atoms with Crippen LogP contribution in [0.4, 0.5) is 5.69 Å². The van der Waals surface area contributed by atoms with Crippen LogP contribution in [0.3, 0.4) is 0 Å². The largest absolute Gasteiger partial charge is 0.350 e. The highest BCUT2D eigenvalue weighted by molar-refractivity contribution is 7.80. The number of benzene rings is 2. The van der Waals surface area contributed by atoms with Crippen molar-refractivity contribution >= 4 is 63.1 Å². The average Bonchev–Trinajstić information content (AvgIpc) is 3.59. The Hall–Kier alpha value is -3.75. The number of nitrogens with zero attached hydrogens (tertiary/aromatic N) is 3. The van der Waals surface area contributed by atoms with E-state index < -0.39 is 0 Å². The molecule has 6 nitrogen and oxygen atoms in total. The third-order valence-corrected chi connectivity index (χ3v) is 7.65. The van der Waals surface area contributed by atoms with E-state index in [1.165, 1.54) is 0 Å². The second kappa shape index (κ2) is 10.1. The van der Waals surface area contributed by atoms with E-state index in [1.807, 2.05) is 83.9 Å². The molecule has 2 aromatic carbocycles. The van der Waals surface area contributed by atoms with Crippen LogP contribution in [0.1, 0.15) is 22.9 Å². The Morgan fingerprint density at radius 1 is 1.08 bits per heavy atom. The molecule has 1 N–H and O–H groups in total. The molecule has 1 saturated heterocycles. The van der Waals surface area contributed by atoms with E-state index in [9.17, 15) is 9.59 Å². The number of aryl methyl sites for hydroxylation is 1. The van der Waals surface area contributed by atoms with E-state index in [4.69, 9.17) is 12.2 Å². The zero-order valence-corrected chi connectivity index (χ0v) is 21.7. The zero-order valence-electron chi connectivity index (χ0n) is 20.1. The van der Waals surface area contributed by atoms with Crippen molar-refractivity contribution in [3.8, 4) is 0 Å². The van der Waals surface area contributed by atoms with Crippen molar-refractivity contribution < 1.29 is 9.59 Å². The summed E-state index contributed by atoms with van der Waals surface area (Å²) in [5.41, 5.74) is 4.26. The fourth-order valence-corrected chi connectivity index (χ4v) is 5.44. The quantitative estimate of drug-likeness (QED) is 0.273. The number of nitrogens with one attached hydrogen (secondary N) is 1. The number of anilines is 1. The summed E-state index contributed by atoms with van der Waals surface area (Å²) >= 11 is 7.23. The van der Waals surface area contributed by atoms with Crippen LogP contribution in [0.2, 0.25) is 0 Å². The van der Waals surface area contributed by atoms with Crippen LogP contribution in [0.5, 0.6) is 0 Å². The van der Waals surface area contributed by atoms with Crippen LogP contribution < -0.4 is 10.2 Å². The maximum absolute atomic E-state index is 13.4. The standard InChI is InChI=1S/C28H26N4O2S2/c1-3-19-9-7-13-23-20(17-31(26(19)23)18-25(33)29-16-22-12-8-14-36-22)15-24-27(34)32(28(35)30(24)2)21-10-5-4-6-11-21/h4-15,17H,3,16,18H2,1-2H3,(H,29,33)/b24-15-. The SMILES string of the molecule is CCc1cccc2c(/C=C3/C(=O)N(c4ccccc4)C(=S)N3C)cn(CC(=O)NCc3cccs3)c12. The summed E-state index contributed by atoms with van der Waals surface area (Å²) in [6, 6.07) is 19.5. The molecule has 1 fully saturated rings. The Morgan fingerprint density at radius 2 is 1.89 bits per heavy atom. The van der Waals surface area contributed by atoms with Crippen molar-refractivity contribution in [2.45, 2.75) is 26.4 Å². The highest BCUT2D eigenvalue weighted by atomic mass is 32.1. The maximum Gasteiger partial charge on any atom is 0.281 e. The first-order valence-electron chi connectivity index (χ1n) is 11.8. The van der Waals surface area contributed by atoms with Gasteiger partial charge in [-0.1, -0.05) is 49.4 Å². The number of amides is 2. The van der Waals surface area contributed by atoms with Crippen molar-refractivity contribution in [1.29, 1.82) is 0 Å². The number of thiocarbonyl (C=S) groups is 1. The van der Waals surface area contributed by atoms with Crippen LogP contribution in [0.15, 0.2) is 77.9 Å². The first kappa shape index (κ1) is 24.0. The molecule has 1 aliphatic rings. The summed E-state index contributed by atoms with van der Waals surface area (Å²) in [5, 5.41) is 6.44. The fourth-order valence-electron chi connectivity index (χ4n) is 4.51. The molecule has 0 bridgehead atoms. The number of hydrogen-bond donors (Lipinski definition) is 1. The van der Waals surface area contributed by atoms with Crippen LogP contribution in [0, 0.1) is 0 Å². The molecular weight excluding hydrogens is 488 g/mol. The molecule has 36 heavy (non-hydrogen) atoms. The molecular formula is C28H26N4O2S2. The van der Waals surface area contributed by atoms with Crippen molar-refractivity contribution in [2.75, 3.05) is 11.9 Å². The molecule has 0 atom stereocenters. The third kappa shape index (κ3) is 4.45. The molecule has 0 unspecified atom stereocenters. The second-order valence-corrected chi connectivity index (χ2v) is 9.98. The molecule has 0 radical (unpaired) electrons. The average molecular weight is 515 g/mol. The lowest BCUT2D eigenvalue weighted by molar-refractivity contribution is -0.121. The number of para-hydroxylation sites is 2. The van der Waals surface area contributed by atoms with E-state index >= 15 is 0 Å². The molecule has 0 spiro atoms. The van der Waals surface area contributed by atoms with E-state index in [0.717, 1.165) is 39.0 Å². The summed E-state index contributed by atoms with van der Waals surface area (Å²) in [5.74, 6) is -0.231. The monoisotopic (exact) mass is 514 g/mol. The van der Waals surface area contributed by atoms with Gasteiger partial charge in [-0.25, -0.2) is 0 Å². The topological polar surface area (TPSA) is 57.6 Å². The third-order valence-electron chi connectivity index (χ3n) is 6.32. The molecule has 182 valence electrons. The van der Waals surface area contributed by atoms with Crippen LogP contribution in [-0.2, 0) is 29.1 Å². The lowest BCUT2D eigenvalue weighted by Crippen LogP contribution is -2.30. The first-order chi connectivity index (χ1) is 17.5. The van der Waals surface area contributed by atoms with Gasteiger partial charge in [0.15, 0.2) is 5.11 Å². The number of hydrogen-bond acceptors (Lipinski definition) is 4. The van der Waals surface area contributed by atoms with E-state index in [2.05, 4.69) is 18.3 Å². The number of carbonyl (C=O) groups is 2. The summed E-state index contributed by atoms with van der Waals surface area (Å²) in [7, 11) is 1.81. The molecule has 1 aliphatic heterocycles. The lowest BCUT2D eigenvalue weighted by Gasteiger charge is -2.16. The minimum atomic E-state index is -0.171. The molecule has 0 saturated carbocycles. The molecule has 3 heterocycles. The van der Waals surface area contributed by atoms with Gasteiger partial charge in [-0.2, -0.15) is 0 Å². The van der Waals surface area contributed by atoms with Gasteiger partial charge >= 0.3 is 0 Å². The van der Waals surface area contributed by atoms with Gasteiger partial charge in [0.25, 0.3) is 5.91 Å². The van der Waals surface area contributed by atoms with Gasteiger partial charge < -0.3 is 14.8 Å². The molecule has 4 aromatic rings. The van der Waals surface area contributed by atoms with E-state index in [0.29, 0.717) is 17.4 Å². The summed E-state index contributed by atoms with van der Waals surface area (Å²) in [6.45, 7) is 2.81. The summed E-state index contributed by atoms with van der Waals surface area (Å²) in [4.78, 5) is 30.7. The van der Waals surface area contributed by atoms with Gasteiger partial charge in [0, 0.05) is 29.1 Å². The van der Waals surface area contributed by atoms with Gasteiger partial charge in [-0.3, -0.25) is 14.5 Å². The van der Waals surface area contributed by atoms with Gasteiger partial charge in [-0.05, 0) is 53.9 Å². The van der Waals surface area contributed by atoms with E-state index in [1.54, 1.807) is 21.1 Å².